The Balaban J connectivity index is 1.60. The first-order chi connectivity index (χ1) is 12.5. The quantitative estimate of drug-likeness (QED) is 0.592. The van der Waals surface area contributed by atoms with Gasteiger partial charge < -0.3 is 9.73 Å². The van der Waals surface area contributed by atoms with Gasteiger partial charge in [-0.05, 0) is 30.2 Å². The lowest BCUT2D eigenvalue weighted by Crippen LogP contribution is -2.25. The third-order valence-electron chi connectivity index (χ3n) is 4.22. The van der Waals surface area contributed by atoms with Crippen LogP contribution in [0, 0.1) is 6.92 Å². The number of aryl methyl sites for hydroxylation is 2. The van der Waals surface area contributed by atoms with E-state index in [1.807, 2.05) is 32.0 Å². The van der Waals surface area contributed by atoms with Crippen LogP contribution in [0.2, 0.25) is 5.02 Å². The first-order valence-electron chi connectivity index (χ1n) is 8.36. The van der Waals surface area contributed by atoms with Gasteiger partial charge in [0, 0.05) is 30.8 Å². The first kappa shape index (κ1) is 16.6. The second-order valence-electron chi connectivity index (χ2n) is 6.05. The number of nitrogens with one attached hydrogen (secondary N) is 1. The third kappa shape index (κ3) is 2.93. The molecule has 0 spiro atoms. The molecule has 1 aromatic carbocycles. The van der Waals surface area contributed by atoms with Gasteiger partial charge in [0.1, 0.15) is 16.9 Å². The number of hydrogen-bond acceptors (Lipinski definition) is 4. The van der Waals surface area contributed by atoms with Crippen LogP contribution in [0.15, 0.2) is 40.9 Å². The molecular weight excluding hydrogens is 352 g/mol. The fraction of sp³-hybridized carbons (Fsp3) is 0.211. The number of hydrogen-bond donors (Lipinski definition) is 1. The number of imidazole rings is 1. The Bertz CT molecular complexity index is 1130. The van der Waals surface area contributed by atoms with Crippen LogP contribution in [-0.2, 0) is 13.0 Å². The van der Waals surface area contributed by atoms with E-state index >= 15 is 0 Å². The molecule has 0 saturated carbocycles. The Labute approximate surface area is 154 Å². The zero-order valence-electron chi connectivity index (χ0n) is 14.4. The molecule has 6 nitrogen and oxygen atoms in total. The summed E-state index contributed by atoms with van der Waals surface area (Å²) in [6.45, 7) is 4.18. The fourth-order valence-electron chi connectivity index (χ4n) is 3.02. The molecule has 0 aliphatic rings. The van der Waals surface area contributed by atoms with E-state index in [1.54, 1.807) is 22.7 Å². The van der Waals surface area contributed by atoms with E-state index < -0.39 is 0 Å². The van der Waals surface area contributed by atoms with Crippen LogP contribution in [0.4, 0.5) is 0 Å². The number of amides is 1. The molecule has 0 aliphatic carbocycles. The molecule has 0 bridgehead atoms. The molecule has 132 valence electrons. The van der Waals surface area contributed by atoms with E-state index in [0.717, 1.165) is 22.4 Å². The zero-order valence-corrected chi connectivity index (χ0v) is 15.2. The fourth-order valence-corrected chi connectivity index (χ4v) is 3.17. The van der Waals surface area contributed by atoms with Crippen LogP contribution in [0.3, 0.4) is 0 Å². The highest BCUT2D eigenvalue weighted by atomic mass is 35.5. The van der Waals surface area contributed by atoms with Crippen LogP contribution in [-0.4, -0.2) is 20.3 Å². The van der Waals surface area contributed by atoms with E-state index in [2.05, 4.69) is 15.3 Å². The summed E-state index contributed by atoms with van der Waals surface area (Å²) < 4.78 is 7.24. The number of benzene rings is 1. The molecule has 0 fully saturated rings. The van der Waals surface area contributed by atoms with Crippen molar-refractivity contribution < 1.29 is 9.21 Å². The van der Waals surface area contributed by atoms with Gasteiger partial charge in [-0.15, -0.1) is 0 Å². The summed E-state index contributed by atoms with van der Waals surface area (Å²) >= 11 is 6.03. The smallest absolute Gasteiger partial charge is 0.270 e. The van der Waals surface area contributed by atoms with E-state index in [0.29, 0.717) is 35.2 Å². The summed E-state index contributed by atoms with van der Waals surface area (Å²) in [6.07, 6.45) is 2.43. The van der Waals surface area contributed by atoms with Crippen molar-refractivity contribution >= 4 is 34.3 Å². The molecule has 4 aromatic rings. The van der Waals surface area contributed by atoms with Crippen molar-refractivity contribution in [1.29, 1.82) is 0 Å². The van der Waals surface area contributed by atoms with Crippen LogP contribution < -0.4 is 5.32 Å². The lowest BCUT2D eigenvalue weighted by atomic mass is 10.2. The van der Waals surface area contributed by atoms with Gasteiger partial charge in [0.05, 0.1) is 5.69 Å². The number of carbonyl (C=O) groups is 1. The van der Waals surface area contributed by atoms with Gasteiger partial charge in [-0.1, -0.05) is 24.6 Å². The summed E-state index contributed by atoms with van der Waals surface area (Å²) in [5, 5.41) is 3.55. The molecule has 0 aliphatic heterocycles. The topological polar surface area (TPSA) is 72.4 Å². The Morgan fingerprint density at radius 2 is 2.12 bits per heavy atom. The molecule has 0 saturated heterocycles. The number of carbonyl (C=O) groups excluding carboxylic acids is 1. The van der Waals surface area contributed by atoms with Crippen molar-refractivity contribution in [3.63, 3.8) is 0 Å². The predicted octanol–water partition coefficient (Wildman–Crippen LogP) is 3.93. The van der Waals surface area contributed by atoms with Crippen LogP contribution in [0.5, 0.6) is 0 Å². The molecule has 0 atom stereocenters. The van der Waals surface area contributed by atoms with Crippen molar-refractivity contribution in [1.82, 2.24) is 19.7 Å². The van der Waals surface area contributed by atoms with Crippen molar-refractivity contribution in [3.8, 4) is 0 Å². The third-order valence-corrected chi connectivity index (χ3v) is 4.46. The van der Waals surface area contributed by atoms with Gasteiger partial charge in [-0.25, -0.2) is 9.97 Å². The molecule has 26 heavy (non-hydrogen) atoms. The van der Waals surface area contributed by atoms with Gasteiger partial charge in [0.2, 0.25) is 0 Å². The largest absolute Gasteiger partial charge is 0.441 e. The molecule has 1 amide bonds. The van der Waals surface area contributed by atoms with Crippen molar-refractivity contribution in [2.75, 3.05) is 0 Å². The van der Waals surface area contributed by atoms with Gasteiger partial charge in [-0.2, -0.15) is 0 Å². The maximum absolute atomic E-state index is 12.8. The monoisotopic (exact) mass is 368 g/mol. The minimum absolute atomic E-state index is 0.173. The summed E-state index contributed by atoms with van der Waals surface area (Å²) in [4.78, 5) is 21.6. The molecule has 1 N–H and O–H groups in total. The standard InChI is InChI=1S/C19H17ClN4O2/c1-3-14-18(24-7-6-13(20)9-17(24)23-14)19(25)21-10-12-4-5-16-15(8-12)22-11(2)26-16/h4-9H,3,10H2,1-2H3,(H,21,25). The minimum Gasteiger partial charge on any atom is -0.441 e. The number of fused-ring (bicyclic) bond motifs is 2. The number of pyridine rings is 1. The summed E-state index contributed by atoms with van der Waals surface area (Å²) in [6, 6.07) is 9.19. The second-order valence-corrected chi connectivity index (χ2v) is 6.49. The van der Waals surface area contributed by atoms with E-state index in [4.69, 9.17) is 16.0 Å². The van der Waals surface area contributed by atoms with Crippen molar-refractivity contribution in [3.05, 3.63) is 64.4 Å². The second kappa shape index (κ2) is 6.46. The SMILES string of the molecule is CCc1nc2cc(Cl)ccn2c1C(=O)NCc1ccc2oc(C)nc2c1. The van der Waals surface area contributed by atoms with E-state index in [-0.39, 0.29) is 5.91 Å². The number of halogens is 1. The van der Waals surface area contributed by atoms with Crippen molar-refractivity contribution in [2.24, 2.45) is 0 Å². The molecule has 3 aromatic heterocycles. The number of aromatic nitrogens is 3. The molecule has 0 radical (unpaired) electrons. The van der Waals surface area contributed by atoms with Gasteiger partial charge in [-0.3, -0.25) is 9.20 Å². The number of oxazole rings is 1. The van der Waals surface area contributed by atoms with Gasteiger partial charge >= 0.3 is 0 Å². The lowest BCUT2D eigenvalue weighted by Gasteiger charge is -2.07. The van der Waals surface area contributed by atoms with E-state index in [1.165, 1.54) is 0 Å². The maximum atomic E-state index is 12.8. The molecule has 3 heterocycles. The average molecular weight is 369 g/mol. The summed E-state index contributed by atoms with van der Waals surface area (Å²) in [5.74, 6) is 0.450. The Morgan fingerprint density at radius 1 is 1.27 bits per heavy atom. The minimum atomic E-state index is -0.173. The molecule has 7 heteroatoms. The van der Waals surface area contributed by atoms with Gasteiger partial charge in [0.15, 0.2) is 11.5 Å². The van der Waals surface area contributed by atoms with Crippen molar-refractivity contribution in [2.45, 2.75) is 26.8 Å². The van der Waals surface area contributed by atoms with E-state index in [9.17, 15) is 4.79 Å². The Kier molecular flexibility index (Phi) is 4.12. The van der Waals surface area contributed by atoms with Crippen LogP contribution in [0.25, 0.3) is 16.7 Å². The Morgan fingerprint density at radius 3 is 2.92 bits per heavy atom. The highest BCUT2D eigenvalue weighted by molar-refractivity contribution is 6.30. The highest BCUT2D eigenvalue weighted by Gasteiger charge is 2.18. The molecular formula is C19H17ClN4O2. The van der Waals surface area contributed by atoms with Crippen LogP contribution in [0.1, 0.15) is 34.6 Å². The average Bonchev–Trinajstić information content (AvgIpc) is 3.17. The molecule has 4 rings (SSSR count). The predicted molar refractivity (Wildman–Crippen MR) is 99.5 cm³/mol. The normalized spacial score (nSPS) is 11.3. The highest BCUT2D eigenvalue weighted by Crippen LogP contribution is 2.19. The number of rotatable bonds is 4. The number of nitrogens with zero attached hydrogens (tertiary/aromatic N) is 3. The summed E-state index contributed by atoms with van der Waals surface area (Å²) in [5.41, 5.74) is 4.43. The van der Waals surface area contributed by atoms with Gasteiger partial charge in [0.25, 0.3) is 5.91 Å². The first-order valence-corrected chi connectivity index (χ1v) is 8.73. The molecule has 0 unspecified atom stereocenters. The zero-order chi connectivity index (χ0) is 18.3. The maximum Gasteiger partial charge on any atom is 0.270 e. The summed E-state index contributed by atoms with van der Waals surface area (Å²) in [7, 11) is 0. The lowest BCUT2D eigenvalue weighted by molar-refractivity contribution is 0.0944. The Hall–Kier alpha value is -2.86. The van der Waals surface area contributed by atoms with Crippen LogP contribution >= 0.6 is 11.6 Å².